The summed E-state index contributed by atoms with van der Waals surface area (Å²) in [5.41, 5.74) is 0.150. The van der Waals surface area contributed by atoms with Crippen LogP contribution in [-0.2, 0) is 20.6 Å². The second-order valence-electron chi connectivity index (χ2n) is 7.31. The number of sulfonamides is 1. The lowest BCUT2D eigenvalue weighted by Crippen LogP contribution is -2.44. The number of ether oxygens (including phenoxy) is 2. The van der Waals surface area contributed by atoms with Crippen LogP contribution in [0.15, 0.2) is 48.5 Å². The van der Waals surface area contributed by atoms with E-state index < -0.39 is 15.8 Å². The van der Waals surface area contributed by atoms with Gasteiger partial charge in [0.15, 0.2) is 11.5 Å². The Balaban J connectivity index is 1.42. The monoisotopic (exact) mass is 450 g/mol. The van der Waals surface area contributed by atoms with Gasteiger partial charge >= 0.3 is 0 Å². The normalized spacial score (nSPS) is 15.4. The molecule has 0 bridgehead atoms. The molecule has 3 rings (SSSR count). The summed E-state index contributed by atoms with van der Waals surface area (Å²) < 4.78 is 51.2. The Bertz CT molecular complexity index is 991. The summed E-state index contributed by atoms with van der Waals surface area (Å²) >= 11 is 0. The van der Waals surface area contributed by atoms with E-state index in [1.54, 1.807) is 25.3 Å². The number of hydrogen-bond donors (Lipinski definition) is 1. The second kappa shape index (κ2) is 10.6. The minimum absolute atomic E-state index is 0.116. The van der Waals surface area contributed by atoms with E-state index in [4.69, 9.17) is 9.47 Å². The molecule has 31 heavy (non-hydrogen) atoms. The smallest absolute Gasteiger partial charge is 0.223 e. The Hall–Kier alpha value is -2.65. The number of nitrogens with one attached hydrogen (secondary N) is 1. The molecule has 0 aromatic heterocycles. The Morgan fingerprint density at radius 3 is 2.42 bits per heavy atom. The molecule has 168 valence electrons. The van der Waals surface area contributed by atoms with E-state index in [9.17, 15) is 17.6 Å². The Kier molecular flexibility index (Phi) is 7.86. The number of hydrogen-bond acceptors (Lipinski definition) is 5. The molecule has 7 nitrogen and oxygen atoms in total. The molecule has 0 radical (unpaired) electrons. The molecule has 1 amide bonds. The lowest BCUT2D eigenvalue weighted by molar-refractivity contribution is -0.126. The molecule has 1 N–H and O–H groups in total. The van der Waals surface area contributed by atoms with Gasteiger partial charge in [0.1, 0.15) is 12.4 Å². The molecule has 1 heterocycles. The fourth-order valence-electron chi connectivity index (χ4n) is 3.52. The third kappa shape index (κ3) is 6.18. The third-order valence-electron chi connectivity index (χ3n) is 5.24. The van der Waals surface area contributed by atoms with Gasteiger partial charge in [0, 0.05) is 24.6 Å². The van der Waals surface area contributed by atoms with Crippen LogP contribution >= 0.6 is 0 Å². The molecule has 9 heteroatoms. The van der Waals surface area contributed by atoms with Gasteiger partial charge in [0.25, 0.3) is 0 Å². The molecule has 0 unspecified atom stereocenters. The number of carbonyl (C=O) groups excluding carboxylic acids is 1. The summed E-state index contributed by atoms with van der Waals surface area (Å²) in [5, 5.41) is 2.84. The molecule has 2 aromatic carbocycles. The fourth-order valence-corrected chi connectivity index (χ4v) is 5.09. The first kappa shape index (κ1) is 23.0. The summed E-state index contributed by atoms with van der Waals surface area (Å²) in [6.45, 7) is 1.11. The molecule has 0 aliphatic carbocycles. The predicted octanol–water partition coefficient (Wildman–Crippen LogP) is 2.57. The Labute approximate surface area is 182 Å². The molecular formula is C22H27FN2O5S. The van der Waals surface area contributed by atoms with Crippen molar-refractivity contribution in [2.75, 3.05) is 33.4 Å². The minimum Gasteiger partial charge on any atom is -0.493 e. The molecule has 1 aliphatic heterocycles. The first-order chi connectivity index (χ1) is 14.9. The van der Waals surface area contributed by atoms with Crippen molar-refractivity contribution in [2.45, 2.75) is 18.6 Å². The van der Waals surface area contributed by atoms with Gasteiger partial charge in [-0.2, -0.15) is 0 Å². The van der Waals surface area contributed by atoms with Crippen molar-refractivity contribution in [1.82, 2.24) is 9.62 Å². The van der Waals surface area contributed by atoms with Gasteiger partial charge in [-0.1, -0.05) is 30.3 Å². The first-order valence-corrected chi connectivity index (χ1v) is 11.8. The van der Waals surface area contributed by atoms with Crippen LogP contribution in [0, 0.1) is 11.7 Å². The maximum Gasteiger partial charge on any atom is 0.223 e. The van der Waals surface area contributed by atoms with Crippen LogP contribution in [-0.4, -0.2) is 52.0 Å². The highest BCUT2D eigenvalue weighted by Crippen LogP contribution is 2.25. The van der Waals surface area contributed by atoms with E-state index in [1.807, 2.05) is 12.1 Å². The van der Waals surface area contributed by atoms with Crippen LogP contribution in [0.25, 0.3) is 0 Å². The van der Waals surface area contributed by atoms with Crippen LogP contribution in [0.4, 0.5) is 4.39 Å². The number of methoxy groups -OCH3 is 1. The highest BCUT2D eigenvalue weighted by molar-refractivity contribution is 7.88. The summed E-state index contributed by atoms with van der Waals surface area (Å²) in [5.74, 6) is -0.0568. The summed E-state index contributed by atoms with van der Waals surface area (Å²) in [6.07, 6.45) is 0.853. The number of para-hydroxylation sites is 2. The number of amides is 1. The van der Waals surface area contributed by atoms with Gasteiger partial charge in [-0.3, -0.25) is 4.79 Å². The van der Waals surface area contributed by atoms with Crippen molar-refractivity contribution in [3.63, 3.8) is 0 Å². The van der Waals surface area contributed by atoms with Gasteiger partial charge in [-0.05, 0) is 31.0 Å². The zero-order chi connectivity index (χ0) is 22.3. The molecule has 1 fully saturated rings. The highest BCUT2D eigenvalue weighted by atomic mass is 32.2. The van der Waals surface area contributed by atoms with Crippen molar-refractivity contribution in [1.29, 1.82) is 0 Å². The Morgan fingerprint density at radius 2 is 1.74 bits per heavy atom. The summed E-state index contributed by atoms with van der Waals surface area (Å²) in [7, 11) is -2.07. The molecular weight excluding hydrogens is 423 g/mol. The fraction of sp³-hybridized carbons (Fsp3) is 0.409. The van der Waals surface area contributed by atoms with Crippen LogP contribution < -0.4 is 14.8 Å². The Morgan fingerprint density at radius 1 is 1.10 bits per heavy atom. The van der Waals surface area contributed by atoms with Crippen LogP contribution in [0.1, 0.15) is 18.4 Å². The SMILES string of the molecule is COc1ccccc1OCCNC(=O)C1CCN(S(=O)(=O)Cc2ccccc2F)CC1. The summed E-state index contributed by atoms with van der Waals surface area (Å²) in [4.78, 5) is 12.4. The van der Waals surface area contributed by atoms with E-state index in [-0.39, 0.29) is 36.2 Å². The standard InChI is InChI=1S/C22H27FN2O5S/c1-29-20-8-4-5-9-21(20)30-15-12-24-22(26)17-10-13-25(14-11-17)31(27,28)16-18-6-2-3-7-19(18)23/h2-9,17H,10-16H2,1H3,(H,24,26). The lowest BCUT2D eigenvalue weighted by Gasteiger charge is -2.30. The number of piperidine rings is 1. The van der Waals surface area contributed by atoms with Crippen molar-refractivity contribution >= 4 is 15.9 Å². The van der Waals surface area contributed by atoms with E-state index in [1.165, 1.54) is 22.5 Å². The second-order valence-corrected chi connectivity index (χ2v) is 9.28. The molecule has 0 saturated carbocycles. The zero-order valence-corrected chi connectivity index (χ0v) is 18.2. The maximum absolute atomic E-state index is 13.8. The minimum atomic E-state index is -3.64. The average Bonchev–Trinajstić information content (AvgIpc) is 2.78. The largest absolute Gasteiger partial charge is 0.493 e. The number of nitrogens with zero attached hydrogens (tertiary/aromatic N) is 1. The molecule has 2 aromatic rings. The molecule has 0 spiro atoms. The van der Waals surface area contributed by atoms with Crippen molar-refractivity contribution in [3.05, 3.63) is 59.9 Å². The average molecular weight is 451 g/mol. The van der Waals surface area contributed by atoms with E-state index in [0.29, 0.717) is 37.5 Å². The summed E-state index contributed by atoms with van der Waals surface area (Å²) in [6, 6.07) is 13.1. The number of carbonyl (C=O) groups is 1. The maximum atomic E-state index is 13.8. The van der Waals surface area contributed by atoms with Crippen molar-refractivity contribution < 1.29 is 27.1 Å². The third-order valence-corrected chi connectivity index (χ3v) is 7.07. The lowest BCUT2D eigenvalue weighted by atomic mass is 9.97. The van der Waals surface area contributed by atoms with Gasteiger partial charge in [-0.15, -0.1) is 0 Å². The molecule has 1 saturated heterocycles. The van der Waals surface area contributed by atoms with Crippen LogP contribution in [0.5, 0.6) is 11.5 Å². The van der Waals surface area contributed by atoms with Gasteiger partial charge in [-0.25, -0.2) is 17.1 Å². The zero-order valence-electron chi connectivity index (χ0n) is 17.4. The van der Waals surface area contributed by atoms with Gasteiger partial charge in [0.2, 0.25) is 15.9 Å². The van der Waals surface area contributed by atoms with Crippen LogP contribution in [0.3, 0.4) is 0 Å². The van der Waals surface area contributed by atoms with E-state index in [2.05, 4.69) is 5.32 Å². The topological polar surface area (TPSA) is 84.9 Å². The van der Waals surface area contributed by atoms with E-state index in [0.717, 1.165) is 0 Å². The van der Waals surface area contributed by atoms with E-state index >= 15 is 0 Å². The predicted molar refractivity (Wildman–Crippen MR) is 115 cm³/mol. The molecule has 0 atom stereocenters. The first-order valence-electron chi connectivity index (χ1n) is 10.2. The van der Waals surface area contributed by atoms with Crippen LogP contribution in [0.2, 0.25) is 0 Å². The number of benzene rings is 2. The van der Waals surface area contributed by atoms with Gasteiger partial charge in [0.05, 0.1) is 19.4 Å². The van der Waals surface area contributed by atoms with Crippen molar-refractivity contribution in [2.24, 2.45) is 5.92 Å². The molecule has 1 aliphatic rings. The number of halogens is 1. The quantitative estimate of drug-likeness (QED) is 0.594. The van der Waals surface area contributed by atoms with Gasteiger partial charge < -0.3 is 14.8 Å². The number of rotatable bonds is 9. The van der Waals surface area contributed by atoms with Crippen molar-refractivity contribution in [3.8, 4) is 11.5 Å². The highest BCUT2D eigenvalue weighted by Gasteiger charge is 2.31.